The van der Waals surface area contributed by atoms with E-state index in [1.807, 2.05) is 0 Å². The molecule has 0 heterocycles. The average Bonchev–Trinajstić information content (AvgIpc) is 2.76. The fourth-order valence-electron chi connectivity index (χ4n) is 3.25. The van der Waals surface area contributed by atoms with Gasteiger partial charge in [-0.2, -0.15) is 0 Å². The van der Waals surface area contributed by atoms with Gasteiger partial charge in [0.15, 0.2) is 11.6 Å². The van der Waals surface area contributed by atoms with Gasteiger partial charge in [-0.15, -0.1) is 0 Å². The van der Waals surface area contributed by atoms with Crippen LogP contribution in [-0.4, -0.2) is 51.0 Å². The van der Waals surface area contributed by atoms with Crippen LogP contribution in [0.2, 0.25) is 5.02 Å². The maximum atomic E-state index is 13.6. The van der Waals surface area contributed by atoms with Crippen LogP contribution in [0.15, 0.2) is 42.5 Å². The zero-order valence-electron chi connectivity index (χ0n) is 18.5. The Kier molecular flexibility index (Phi) is 9.18. The van der Waals surface area contributed by atoms with Crippen molar-refractivity contribution in [1.29, 1.82) is 0 Å². The smallest absolute Gasteiger partial charge is 0.242 e. The van der Waals surface area contributed by atoms with E-state index in [1.165, 1.54) is 11.9 Å². The number of benzene rings is 2. The number of anilines is 1. The highest BCUT2D eigenvalue weighted by Crippen LogP contribution is 2.22. The van der Waals surface area contributed by atoms with E-state index >= 15 is 0 Å². The highest BCUT2D eigenvalue weighted by Gasteiger charge is 2.26. The molecule has 1 N–H and O–H groups in total. The molecule has 2 amide bonds. The Bertz CT molecular complexity index is 1110. The standard InChI is InChI=1S/C22H26ClF2N3O4S/c1-15(22(30)26-2)27(14-16-7-4-5-8-18(16)23)21(29)9-6-12-28(33(3,31)32)17-10-11-19(24)20(25)13-17/h4-5,7-8,10-11,13,15H,6,9,12,14H2,1-3H3,(H,26,30)/t15-/m0/s1. The van der Waals surface area contributed by atoms with E-state index in [1.54, 1.807) is 31.2 Å². The zero-order valence-corrected chi connectivity index (χ0v) is 20.1. The lowest BCUT2D eigenvalue weighted by atomic mass is 10.1. The molecule has 180 valence electrons. The molecule has 0 spiro atoms. The first kappa shape index (κ1) is 26.5. The van der Waals surface area contributed by atoms with Gasteiger partial charge in [-0.3, -0.25) is 13.9 Å². The van der Waals surface area contributed by atoms with Crippen molar-refractivity contribution in [3.63, 3.8) is 0 Å². The molecule has 33 heavy (non-hydrogen) atoms. The minimum Gasteiger partial charge on any atom is -0.357 e. The van der Waals surface area contributed by atoms with Crippen LogP contribution in [0.1, 0.15) is 25.3 Å². The average molecular weight is 502 g/mol. The normalized spacial score (nSPS) is 12.2. The second kappa shape index (κ2) is 11.4. The van der Waals surface area contributed by atoms with Crippen LogP contribution in [0, 0.1) is 11.6 Å². The van der Waals surface area contributed by atoms with Crippen molar-refractivity contribution in [3.05, 3.63) is 64.7 Å². The molecule has 0 saturated heterocycles. The van der Waals surface area contributed by atoms with E-state index in [4.69, 9.17) is 11.6 Å². The Balaban J connectivity index is 2.17. The molecular weight excluding hydrogens is 476 g/mol. The number of hydrogen-bond acceptors (Lipinski definition) is 4. The molecule has 0 saturated carbocycles. The van der Waals surface area contributed by atoms with E-state index < -0.39 is 27.7 Å². The van der Waals surface area contributed by atoms with E-state index in [2.05, 4.69) is 5.32 Å². The van der Waals surface area contributed by atoms with Gasteiger partial charge < -0.3 is 10.2 Å². The van der Waals surface area contributed by atoms with E-state index in [0.29, 0.717) is 10.6 Å². The Morgan fingerprint density at radius 1 is 1.12 bits per heavy atom. The van der Waals surface area contributed by atoms with E-state index in [9.17, 15) is 26.8 Å². The molecule has 0 aliphatic carbocycles. The topological polar surface area (TPSA) is 86.8 Å². The van der Waals surface area contributed by atoms with Crippen LogP contribution in [0.25, 0.3) is 0 Å². The number of amides is 2. The van der Waals surface area contributed by atoms with E-state index in [-0.39, 0.29) is 43.4 Å². The minimum atomic E-state index is -3.82. The van der Waals surface area contributed by atoms with Gasteiger partial charge >= 0.3 is 0 Å². The molecule has 0 aliphatic rings. The van der Waals surface area contributed by atoms with Crippen molar-refractivity contribution in [2.24, 2.45) is 0 Å². The summed E-state index contributed by atoms with van der Waals surface area (Å²) in [5, 5.41) is 2.95. The van der Waals surface area contributed by atoms with Crippen LogP contribution < -0.4 is 9.62 Å². The van der Waals surface area contributed by atoms with Gasteiger partial charge in [0.2, 0.25) is 21.8 Å². The third kappa shape index (κ3) is 7.13. The summed E-state index contributed by atoms with van der Waals surface area (Å²) < 4.78 is 52.2. The third-order valence-corrected chi connectivity index (χ3v) is 6.62. The molecule has 0 unspecified atom stereocenters. The van der Waals surface area contributed by atoms with Crippen molar-refractivity contribution in [2.45, 2.75) is 32.4 Å². The number of halogens is 3. The monoisotopic (exact) mass is 501 g/mol. The SMILES string of the molecule is CNC(=O)[C@H](C)N(Cc1ccccc1Cl)C(=O)CCCN(c1ccc(F)c(F)c1)S(C)(=O)=O. The number of sulfonamides is 1. The maximum absolute atomic E-state index is 13.6. The van der Waals surface area contributed by atoms with Gasteiger partial charge in [0.25, 0.3) is 0 Å². The van der Waals surface area contributed by atoms with Crippen LogP contribution in [0.3, 0.4) is 0 Å². The van der Waals surface area contributed by atoms with Crippen LogP contribution in [-0.2, 0) is 26.2 Å². The molecule has 7 nitrogen and oxygen atoms in total. The van der Waals surface area contributed by atoms with Crippen molar-refractivity contribution < 1.29 is 26.8 Å². The summed E-state index contributed by atoms with van der Waals surface area (Å²) in [5.74, 6) is -3.02. The van der Waals surface area contributed by atoms with Crippen LogP contribution in [0.5, 0.6) is 0 Å². The second-order valence-corrected chi connectivity index (χ2v) is 9.75. The Labute approximate surface area is 197 Å². The van der Waals surface area contributed by atoms with Crippen molar-refractivity contribution in [1.82, 2.24) is 10.2 Å². The van der Waals surface area contributed by atoms with Crippen LogP contribution in [0.4, 0.5) is 14.5 Å². The number of carbonyl (C=O) groups excluding carboxylic acids is 2. The van der Waals surface area contributed by atoms with Gasteiger partial charge in [0.1, 0.15) is 6.04 Å². The summed E-state index contributed by atoms with van der Waals surface area (Å²) in [5.41, 5.74) is 0.610. The lowest BCUT2D eigenvalue weighted by Crippen LogP contribution is -2.46. The number of carbonyl (C=O) groups is 2. The summed E-state index contributed by atoms with van der Waals surface area (Å²) in [6, 6.07) is 8.91. The lowest BCUT2D eigenvalue weighted by Gasteiger charge is -2.29. The van der Waals surface area contributed by atoms with Crippen molar-refractivity contribution in [3.8, 4) is 0 Å². The quantitative estimate of drug-likeness (QED) is 0.541. The third-order valence-electron chi connectivity index (χ3n) is 5.06. The first-order valence-corrected chi connectivity index (χ1v) is 12.4. The highest BCUT2D eigenvalue weighted by molar-refractivity contribution is 7.92. The lowest BCUT2D eigenvalue weighted by molar-refractivity contribution is -0.140. The molecule has 0 fully saturated rings. The van der Waals surface area contributed by atoms with Crippen molar-refractivity contribution in [2.75, 3.05) is 24.2 Å². The fraction of sp³-hybridized carbons (Fsp3) is 0.364. The first-order chi connectivity index (χ1) is 15.5. The predicted octanol–water partition coefficient (Wildman–Crippen LogP) is 3.33. The van der Waals surface area contributed by atoms with Gasteiger partial charge in [-0.1, -0.05) is 29.8 Å². The zero-order chi connectivity index (χ0) is 24.8. The molecule has 2 rings (SSSR count). The molecule has 2 aromatic rings. The summed E-state index contributed by atoms with van der Waals surface area (Å²) >= 11 is 6.21. The van der Waals surface area contributed by atoms with Crippen molar-refractivity contribution >= 4 is 39.1 Å². The predicted molar refractivity (Wildman–Crippen MR) is 123 cm³/mol. The van der Waals surface area contributed by atoms with Gasteiger partial charge in [-0.05, 0) is 37.1 Å². The molecule has 0 aromatic heterocycles. The molecule has 1 atom stereocenters. The summed E-state index contributed by atoms with van der Waals surface area (Å²) in [6.45, 7) is 1.54. The summed E-state index contributed by atoms with van der Waals surface area (Å²) in [4.78, 5) is 26.6. The molecular formula is C22H26ClF2N3O4S. The number of rotatable bonds is 10. The molecule has 2 aromatic carbocycles. The minimum absolute atomic E-state index is 0.0458. The van der Waals surface area contributed by atoms with Gasteiger partial charge in [0, 0.05) is 37.6 Å². The largest absolute Gasteiger partial charge is 0.357 e. The fourth-order valence-corrected chi connectivity index (χ4v) is 4.40. The number of likely N-dealkylation sites (N-methyl/N-ethyl adjacent to an activating group) is 1. The molecule has 0 radical (unpaired) electrons. The van der Waals surface area contributed by atoms with Gasteiger partial charge in [-0.25, -0.2) is 17.2 Å². The highest BCUT2D eigenvalue weighted by atomic mass is 35.5. The number of nitrogens with one attached hydrogen (secondary N) is 1. The summed E-state index contributed by atoms with van der Waals surface area (Å²) in [6.07, 6.45) is 0.944. The van der Waals surface area contributed by atoms with E-state index in [0.717, 1.165) is 28.8 Å². The van der Waals surface area contributed by atoms with Crippen LogP contribution >= 0.6 is 11.6 Å². The number of nitrogens with zero attached hydrogens (tertiary/aromatic N) is 2. The molecule has 0 aliphatic heterocycles. The first-order valence-electron chi connectivity index (χ1n) is 10.1. The second-order valence-electron chi connectivity index (χ2n) is 7.44. The molecule has 0 bridgehead atoms. The Morgan fingerprint density at radius 2 is 1.79 bits per heavy atom. The van der Waals surface area contributed by atoms with Gasteiger partial charge in [0.05, 0.1) is 11.9 Å². The number of hydrogen-bond donors (Lipinski definition) is 1. The maximum Gasteiger partial charge on any atom is 0.242 e. The Morgan fingerprint density at radius 3 is 2.36 bits per heavy atom. The molecule has 11 heteroatoms. The Hall–Kier alpha value is -2.72. The summed E-state index contributed by atoms with van der Waals surface area (Å²) in [7, 11) is -2.35.